The van der Waals surface area contributed by atoms with E-state index >= 15 is 0 Å². The highest BCUT2D eigenvalue weighted by atomic mass is 35.5. The third-order valence-corrected chi connectivity index (χ3v) is 5.70. The third-order valence-electron chi connectivity index (χ3n) is 3.69. The molecule has 0 aromatic heterocycles. The van der Waals surface area contributed by atoms with Gasteiger partial charge in [0.15, 0.2) is 0 Å². The average Bonchev–Trinajstić information content (AvgIpc) is 2.51. The SMILES string of the molecule is CN(C)C(CNS(=O)(=O)Cc1ccccc1Cl)c1ccccc1Cl. The molecule has 1 unspecified atom stereocenters. The molecule has 0 radical (unpaired) electrons. The first kappa shape index (κ1) is 19.2. The predicted octanol–water partition coefficient (Wildman–Crippen LogP) is 3.72. The summed E-state index contributed by atoms with van der Waals surface area (Å²) in [5.74, 6) is -0.157. The smallest absolute Gasteiger partial charge is 0.215 e. The van der Waals surface area contributed by atoms with Crippen molar-refractivity contribution in [1.29, 1.82) is 0 Å². The lowest BCUT2D eigenvalue weighted by atomic mass is 10.1. The summed E-state index contributed by atoms with van der Waals surface area (Å²) in [6.07, 6.45) is 0. The topological polar surface area (TPSA) is 49.4 Å². The number of hydrogen-bond acceptors (Lipinski definition) is 3. The van der Waals surface area contributed by atoms with Gasteiger partial charge in [-0.2, -0.15) is 0 Å². The van der Waals surface area contributed by atoms with Gasteiger partial charge in [0.1, 0.15) is 0 Å². The minimum Gasteiger partial charge on any atom is -0.301 e. The number of nitrogens with one attached hydrogen (secondary N) is 1. The summed E-state index contributed by atoms with van der Waals surface area (Å²) in [6, 6.07) is 14.2. The second kappa shape index (κ2) is 8.32. The summed E-state index contributed by atoms with van der Waals surface area (Å²) >= 11 is 12.3. The Morgan fingerprint density at radius 2 is 1.58 bits per heavy atom. The predicted molar refractivity (Wildman–Crippen MR) is 100.0 cm³/mol. The molecule has 1 N–H and O–H groups in total. The van der Waals surface area contributed by atoms with Crippen molar-refractivity contribution in [2.45, 2.75) is 11.8 Å². The van der Waals surface area contributed by atoms with E-state index in [1.54, 1.807) is 30.3 Å². The van der Waals surface area contributed by atoms with Gasteiger partial charge in [-0.3, -0.25) is 0 Å². The molecule has 0 aliphatic carbocycles. The minimum atomic E-state index is -3.51. The first-order valence-electron chi connectivity index (χ1n) is 7.42. The van der Waals surface area contributed by atoms with Gasteiger partial charge in [-0.25, -0.2) is 13.1 Å². The quantitative estimate of drug-likeness (QED) is 0.788. The van der Waals surface area contributed by atoms with Crippen LogP contribution in [0, 0.1) is 0 Å². The van der Waals surface area contributed by atoms with Crippen LogP contribution in [0.15, 0.2) is 48.5 Å². The summed E-state index contributed by atoms with van der Waals surface area (Å²) in [4.78, 5) is 1.93. The van der Waals surface area contributed by atoms with Gasteiger partial charge in [0.2, 0.25) is 10.0 Å². The second-order valence-corrected chi connectivity index (χ2v) is 8.32. The van der Waals surface area contributed by atoms with Crippen molar-refractivity contribution in [3.63, 3.8) is 0 Å². The summed E-state index contributed by atoms with van der Waals surface area (Å²) in [7, 11) is 0.260. The fourth-order valence-corrected chi connectivity index (χ4v) is 4.11. The number of likely N-dealkylation sites (N-methyl/N-ethyl adjacent to an activating group) is 1. The van der Waals surface area contributed by atoms with Gasteiger partial charge < -0.3 is 4.90 Å². The van der Waals surface area contributed by atoms with E-state index in [4.69, 9.17) is 23.2 Å². The van der Waals surface area contributed by atoms with E-state index in [1.165, 1.54) is 0 Å². The van der Waals surface area contributed by atoms with E-state index < -0.39 is 10.0 Å². The molecule has 0 fully saturated rings. The fraction of sp³-hybridized carbons (Fsp3) is 0.294. The summed E-state index contributed by atoms with van der Waals surface area (Å²) in [5, 5.41) is 1.06. The molecule has 0 spiro atoms. The molecule has 4 nitrogen and oxygen atoms in total. The van der Waals surface area contributed by atoms with Gasteiger partial charge >= 0.3 is 0 Å². The zero-order chi connectivity index (χ0) is 17.7. The molecule has 0 bridgehead atoms. The van der Waals surface area contributed by atoms with Gasteiger partial charge in [0, 0.05) is 22.6 Å². The lowest BCUT2D eigenvalue weighted by Crippen LogP contribution is -2.35. The highest BCUT2D eigenvalue weighted by Gasteiger charge is 2.20. The monoisotopic (exact) mass is 386 g/mol. The van der Waals surface area contributed by atoms with E-state index in [-0.39, 0.29) is 18.3 Å². The average molecular weight is 387 g/mol. The van der Waals surface area contributed by atoms with Crippen LogP contribution in [0.2, 0.25) is 10.0 Å². The molecular weight excluding hydrogens is 367 g/mol. The van der Waals surface area contributed by atoms with E-state index in [2.05, 4.69) is 4.72 Å². The first-order chi connectivity index (χ1) is 11.3. The number of rotatable bonds is 7. The van der Waals surface area contributed by atoms with Crippen molar-refractivity contribution < 1.29 is 8.42 Å². The number of sulfonamides is 1. The highest BCUT2D eigenvalue weighted by Crippen LogP contribution is 2.26. The molecule has 0 saturated carbocycles. The lowest BCUT2D eigenvalue weighted by Gasteiger charge is -2.26. The minimum absolute atomic E-state index is 0.157. The van der Waals surface area contributed by atoms with Crippen LogP contribution >= 0.6 is 23.2 Å². The van der Waals surface area contributed by atoms with Crippen molar-refractivity contribution in [2.24, 2.45) is 0 Å². The Bertz CT molecular complexity index is 795. The van der Waals surface area contributed by atoms with Gasteiger partial charge in [0.05, 0.1) is 5.75 Å². The van der Waals surface area contributed by atoms with Gasteiger partial charge in [0.25, 0.3) is 0 Å². The van der Waals surface area contributed by atoms with Crippen LogP contribution in [0.1, 0.15) is 17.2 Å². The standard InChI is InChI=1S/C17H20Cl2N2O2S/c1-21(2)17(14-8-4-6-10-16(14)19)11-20-24(22,23)12-13-7-3-5-9-15(13)18/h3-10,17,20H,11-12H2,1-2H3. The van der Waals surface area contributed by atoms with Crippen LogP contribution in [0.5, 0.6) is 0 Å². The molecule has 0 aliphatic rings. The van der Waals surface area contributed by atoms with E-state index in [1.807, 2.05) is 37.2 Å². The summed E-state index contributed by atoms with van der Waals surface area (Å²) < 4.78 is 27.4. The number of hydrogen-bond donors (Lipinski definition) is 1. The Kier molecular flexibility index (Phi) is 6.66. The van der Waals surface area contributed by atoms with E-state index in [0.29, 0.717) is 15.6 Å². The van der Waals surface area contributed by atoms with E-state index in [9.17, 15) is 8.42 Å². The molecule has 0 saturated heterocycles. The van der Waals surface area contributed by atoms with E-state index in [0.717, 1.165) is 5.56 Å². The molecule has 2 rings (SSSR count). The molecule has 2 aromatic carbocycles. The Balaban J connectivity index is 2.12. The van der Waals surface area contributed by atoms with Crippen molar-refractivity contribution in [2.75, 3.05) is 20.6 Å². The summed E-state index contributed by atoms with van der Waals surface area (Å²) in [6.45, 7) is 0.226. The van der Waals surface area contributed by atoms with Crippen LogP contribution in [0.3, 0.4) is 0 Å². The Labute approximate surface area is 153 Å². The number of halogens is 2. The maximum Gasteiger partial charge on any atom is 0.215 e. The molecular formula is C17H20Cl2N2O2S. The molecule has 24 heavy (non-hydrogen) atoms. The Hall–Kier alpha value is -1.11. The third kappa shape index (κ3) is 5.19. The van der Waals surface area contributed by atoms with Crippen molar-refractivity contribution in [3.05, 3.63) is 69.7 Å². The molecule has 130 valence electrons. The van der Waals surface area contributed by atoms with Crippen LogP contribution in [-0.4, -0.2) is 34.0 Å². The molecule has 7 heteroatoms. The number of nitrogens with zero attached hydrogens (tertiary/aromatic N) is 1. The normalized spacial score (nSPS) is 13.2. The Morgan fingerprint density at radius 3 is 2.17 bits per heavy atom. The van der Waals surface area contributed by atoms with Gasteiger partial charge in [-0.15, -0.1) is 0 Å². The Morgan fingerprint density at radius 1 is 1.00 bits per heavy atom. The van der Waals surface area contributed by atoms with Crippen molar-refractivity contribution in [1.82, 2.24) is 9.62 Å². The van der Waals surface area contributed by atoms with Crippen LogP contribution in [0.25, 0.3) is 0 Å². The van der Waals surface area contributed by atoms with Gasteiger partial charge in [-0.05, 0) is 37.4 Å². The van der Waals surface area contributed by atoms with Crippen LogP contribution in [0.4, 0.5) is 0 Å². The molecule has 0 amide bonds. The second-order valence-electron chi connectivity index (χ2n) is 5.70. The molecule has 0 heterocycles. The van der Waals surface area contributed by atoms with Gasteiger partial charge in [-0.1, -0.05) is 59.6 Å². The maximum atomic E-state index is 12.4. The molecule has 1 atom stereocenters. The largest absolute Gasteiger partial charge is 0.301 e. The summed E-state index contributed by atoms with van der Waals surface area (Å²) in [5.41, 5.74) is 1.45. The first-order valence-corrected chi connectivity index (χ1v) is 9.82. The maximum absolute atomic E-state index is 12.4. The van der Waals surface area contributed by atoms with Crippen molar-refractivity contribution in [3.8, 4) is 0 Å². The molecule has 2 aromatic rings. The highest BCUT2D eigenvalue weighted by molar-refractivity contribution is 7.88. The van der Waals surface area contributed by atoms with Crippen LogP contribution in [-0.2, 0) is 15.8 Å². The zero-order valence-electron chi connectivity index (χ0n) is 13.5. The lowest BCUT2D eigenvalue weighted by molar-refractivity contribution is 0.299. The van der Waals surface area contributed by atoms with Crippen molar-refractivity contribution >= 4 is 33.2 Å². The van der Waals surface area contributed by atoms with Crippen LogP contribution < -0.4 is 4.72 Å². The molecule has 0 aliphatic heterocycles. The zero-order valence-corrected chi connectivity index (χ0v) is 15.9. The fourth-order valence-electron chi connectivity index (χ4n) is 2.39. The number of benzene rings is 2.